The lowest BCUT2D eigenvalue weighted by Crippen LogP contribution is -2.31. The first-order valence-electron chi connectivity index (χ1n) is 6.75. The van der Waals surface area contributed by atoms with Gasteiger partial charge in [-0.05, 0) is 11.6 Å². The van der Waals surface area contributed by atoms with Crippen LogP contribution in [0.25, 0.3) is 0 Å². The number of hydrogen-bond donors (Lipinski definition) is 2. The molecule has 21 heavy (non-hydrogen) atoms. The summed E-state index contributed by atoms with van der Waals surface area (Å²) in [7, 11) is 0. The van der Waals surface area contributed by atoms with E-state index in [1.807, 2.05) is 13.0 Å². The molecule has 0 saturated carbocycles. The van der Waals surface area contributed by atoms with E-state index in [1.165, 1.54) is 6.26 Å². The number of benzene rings is 1. The van der Waals surface area contributed by atoms with Gasteiger partial charge in [0.2, 0.25) is 0 Å². The van der Waals surface area contributed by atoms with Crippen LogP contribution < -0.4 is 5.32 Å². The second kappa shape index (κ2) is 6.74. The average Bonchev–Trinajstić information content (AvgIpc) is 2.96. The lowest BCUT2D eigenvalue weighted by atomic mass is 9.99. The summed E-state index contributed by atoms with van der Waals surface area (Å²) in [5.74, 6) is -1.46. The number of furan rings is 1. The number of carbonyl (C=O) groups is 2. The SMILES string of the molecule is CCc1occc1C(=O)NCC(C(=O)O)c1ccccc1. The third-order valence-electron chi connectivity index (χ3n) is 3.28. The predicted octanol–water partition coefficient (Wildman–Crippen LogP) is 2.44. The largest absolute Gasteiger partial charge is 0.481 e. The Bertz CT molecular complexity index is 618. The number of aliphatic carboxylic acids is 1. The number of amides is 1. The molecule has 0 aliphatic heterocycles. The first-order chi connectivity index (χ1) is 10.1. The molecule has 0 radical (unpaired) electrons. The third kappa shape index (κ3) is 3.51. The van der Waals surface area contributed by atoms with E-state index in [1.54, 1.807) is 30.3 Å². The fraction of sp³-hybridized carbons (Fsp3) is 0.250. The maximum absolute atomic E-state index is 12.1. The smallest absolute Gasteiger partial charge is 0.312 e. The van der Waals surface area contributed by atoms with Crippen LogP contribution in [-0.4, -0.2) is 23.5 Å². The molecule has 5 heteroatoms. The van der Waals surface area contributed by atoms with Crippen molar-refractivity contribution in [3.8, 4) is 0 Å². The Hall–Kier alpha value is -2.56. The van der Waals surface area contributed by atoms with Crippen molar-refractivity contribution < 1.29 is 19.1 Å². The number of nitrogens with one attached hydrogen (secondary N) is 1. The third-order valence-corrected chi connectivity index (χ3v) is 3.28. The molecule has 2 N–H and O–H groups in total. The normalized spacial score (nSPS) is 11.9. The fourth-order valence-electron chi connectivity index (χ4n) is 2.14. The van der Waals surface area contributed by atoms with Gasteiger partial charge in [0.15, 0.2) is 0 Å². The minimum absolute atomic E-state index is 0.0342. The summed E-state index contributed by atoms with van der Waals surface area (Å²) in [5.41, 5.74) is 1.11. The minimum atomic E-state index is -0.968. The second-order valence-electron chi connectivity index (χ2n) is 4.62. The lowest BCUT2D eigenvalue weighted by Gasteiger charge is -2.13. The van der Waals surface area contributed by atoms with Gasteiger partial charge in [-0.25, -0.2) is 0 Å². The highest BCUT2D eigenvalue weighted by atomic mass is 16.4. The average molecular weight is 287 g/mol. The Morgan fingerprint density at radius 1 is 1.24 bits per heavy atom. The number of hydrogen-bond acceptors (Lipinski definition) is 3. The molecule has 110 valence electrons. The molecule has 0 saturated heterocycles. The molecule has 1 amide bonds. The predicted molar refractivity (Wildman–Crippen MR) is 77.2 cm³/mol. The molecule has 1 heterocycles. The van der Waals surface area contributed by atoms with Crippen LogP contribution in [-0.2, 0) is 11.2 Å². The highest BCUT2D eigenvalue weighted by molar-refractivity contribution is 5.95. The number of carboxylic acids is 1. The molecular weight excluding hydrogens is 270 g/mol. The Kier molecular flexibility index (Phi) is 4.77. The molecule has 0 aliphatic carbocycles. The zero-order valence-corrected chi connectivity index (χ0v) is 11.7. The van der Waals surface area contributed by atoms with E-state index in [-0.39, 0.29) is 12.5 Å². The van der Waals surface area contributed by atoms with Crippen molar-refractivity contribution in [2.45, 2.75) is 19.3 Å². The molecule has 1 aromatic carbocycles. The van der Waals surface area contributed by atoms with Crippen LogP contribution in [0.1, 0.15) is 34.5 Å². The monoisotopic (exact) mass is 287 g/mol. The topological polar surface area (TPSA) is 79.5 Å². The van der Waals surface area contributed by atoms with E-state index in [4.69, 9.17) is 4.42 Å². The molecule has 0 spiro atoms. The Balaban J connectivity index is 2.06. The van der Waals surface area contributed by atoms with Crippen LogP contribution in [0.5, 0.6) is 0 Å². The van der Waals surface area contributed by atoms with Gasteiger partial charge >= 0.3 is 5.97 Å². The van der Waals surface area contributed by atoms with Gasteiger partial charge in [0.1, 0.15) is 5.76 Å². The van der Waals surface area contributed by atoms with Crippen molar-refractivity contribution in [2.75, 3.05) is 6.54 Å². The van der Waals surface area contributed by atoms with Gasteiger partial charge in [-0.2, -0.15) is 0 Å². The van der Waals surface area contributed by atoms with Gasteiger partial charge in [0.05, 0.1) is 17.7 Å². The Morgan fingerprint density at radius 3 is 2.57 bits per heavy atom. The van der Waals surface area contributed by atoms with Crippen LogP contribution in [0, 0.1) is 0 Å². The van der Waals surface area contributed by atoms with Crippen LogP contribution in [0.15, 0.2) is 47.1 Å². The standard InChI is InChI=1S/C16H17NO4/c1-2-14-12(8-9-21-14)15(18)17-10-13(16(19)20)11-6-4-3-5-7-11/h3-9,13H,2,10H2,1H3,(H,17,18)(H,19,20). The number of aryl methyl sites for hydroxylation is 1. The molecule has 0 aliphatic rings. The lowest BCUT2D eigenvalue weighted by molar-refractivity contribution is -0.138. The van der Waals surface area contributed by atoms with Crippen molar-refractivity contribution in [2.24, 2.45) is 0 Å². The van der Waals surface area contributed by atoms with E-state index in [9.17, 15) is 14.7 Å². The van der Waals surface area contributed by atoms with Crippen molar-refractivity contribution in [3.05, 3.63) is 59.5 Å². The molecule has 1 unspecified atom stereocenters. The Morgan fingerprint density at radius 2 is 1.95 bits per heavy atom. The Labute approximate surface area is 122 Å². The fourth-order valence-corrected chi connectivity index (χ4v) is 2.14. The minimum Gasteiger partial charge on any atom is -0.481 e. The summed E-state index contributed by atoms with van der Waals surface area (Å²) in [6, 6.07) is 10.4. The highest BCUT2D eigenvalue weighted by Gasteiger charge is 2.21. The molecule has 0 bridgehead atoms. The molecule has 0 fully saturated rings. The van der Waals surface area contributed by atoms with Crippen LogP contribution >= 0.6 is 0 Å². The van der Waals surface area contributed by atoms with Crippen molar-refractivity contribution in [1.29, 1.82) is 0 Å². The van der Waals surface area contributed by atoms with Gasteiger partial charge in [-0.1, -0.05) is 37.3 Å². The summed E-state index contributed by atoms with van der Waals surface area (Å²) in [6.45, 7) is 1.92. The summed E-state index contributed by atoms with van der Waals surface area (Å²) in [6.07, 6.45) is 2.07. The van der Waals surface area contributed by atoms with Gasteiger partial charge in [-0.3, -0.25) is 9.59 Å². The van der Waals surface area contributed by atoms with Crippen LogP contribution in [0.4, 0.5) is 0 Å². The van der Waals surface area contributed by atoms with Gasteiger partial charge < -0.3 is 14.8 Å². The van der Waals surface area contributed by atoms with Gasteiger partial charge in [0.25, 0.3) is 5.91 Å². The van der Waals surface area contributed by atoms with E-state index in [0.717, 1.165) is 0 Å². The molecule has 2 rings (SSSR count). The summed E-state index contributed by atoms with van der Waals surface area (Å²) < 4.78 is 5.20. The first kappa shape index (κ1) is 14.8. The first-order valence-corrected chi connectivity index (χ1v) is 6.75. The van der Waals surface area contributed by atoms with Crippen LogP contribution in [0.3, 0.4) is 0 Å². The molecule has 2 aromatic rings. The maximum Gasteiger partial charge on any atom is 0.312 e. The second-order valence-corrected chi connectivity index (χ2v) is 4.62. The highest BCUT2D eigenvalue weighted by Crippen LogP contribution is 2.16. The van der Waals surface area contributed by atoms with Crippen molar-refractivity contribution in [1.82, 2.24) is 5.32 Å². The molecule has 1 atom stereocenters. The molecular formula is C16H17NO4. The number of rotatable bonds is 6. The summed E-state index contributed by atoms with van der Waals surface area (Å²) >= 11 is 0. The van der Waals surface area contributed by atoms with E-state index < -0.39 is 11.9 Å². The van der Waals surface area contributed by atoms with Crippen molar-refractivity contribution >= 4 is 11.9 Å². The molecule has 1 aromatic heterocycles. The quantitative estimate of drug-likeness (QED) is 0.855. The zero-order valence-electron chi connectivity index (χ0n) is 11.7. The summed E-state index contributed by atoms with van der Waals surface area (Å²) in [5, 5.41) is 12.0. The maximum atomic E-state index is 12.1. The van der Waals surface area contributed by atoms with E-state index >= 15 is 0 Å². The molecule has 5 nitrogen and oxygen atoms in total. The van der Waals surface area contributed by atoms with E-state index in [0.29, 0.717) is 23.3 Å². The van der Waals surface area contributed by atoms with Gasteiger partial charge in [-0.15, -0.1) is 0 Å². The van der Waals surface area contributed by atoms with E-state index in [2.05, 4.69) is 5.32 Å². The summed E-state index contributed by atoms with van der Waals surface area (Å²) in [4.78, 5) is 23.4. The van der Waals surface area contributed by atoms with Gasteiger partial charge in [0, 0.05) is 13.0 Å². The van der Waals surface area contributed by atoms with Crippen molar-refractivity contribution in [3.63, 3.8) is 0 Å². The number of carboxylic acid groups (broad SMARTS) is 1. The number of carbonyl (C=O) groups excluding carboxylic acids is 1. The van der Waals surface area contributed by atoms with Crippen LogP contribution in [0.2, 0.25) is 0 Å². The zero-order chi connectivity index (χ0) is 15.2.